The quantitative estimate of drug-likeness (QED) is 0.841. The van der Waals surface area contributed by atoms with E-state index in [1.165, 1.54) is 6.07 Å². The maximum Gasteiger partial charge on any atom is 0.127 e. The molecule has 0 aliphatic carbocycles. The summed E-state index contributed by atoms with van der Waals surface area (Å²) < 4.78 is 13.8. The van der Waals surface area contributed by atoms with E-state index < -0.39 is 0 Å². The molecule has 0 amide bonds. The minimum atomic E-state index is -0.146. The Labute approximate surface area is 110 Å². The van der Waals surface area contributed by atoms with Crippen molar-refractivity contribution in [2.45, 2.75) is 45.2 Å². The second-order valence-corrected chi connectivity index (χ2v) is 5.26. The van der Waals surface area contributed by atoms with E-state index in [4.69, 9.17) is 5.73 Å². The molecule has 0 aliphatic heterocycles. The molecule has 2 nitrogen and oxygen atoms in total. The Balaban J connectivity index is 2.96. The van der Waals surface area contributed by atoms with E-state index in [0.29, 0.717) is 6.54 Å². The molecule has 0 spiro atoms. The van der Waals surface area contributed by atoms with Crippen molar-refractivity contribution in [3.63, 3.8) is 0 Å². The zero-order chi connectivity index (χ0) is 13.8. The first-order valence-corrected chi connectivity index (χ1v) is 6.63. The number of likely N-dealkylation sites (N-methyl/N-ethyl adjacent to an activating group) is 1. The van der Waals surface area contributed by atoms with Gasteiger partial charge in [0.15, 0.2) is 0 Å². The Morgan fingerprint density at radius 1 is 1.39 bits per heavy atom. The number of hydrogen-bond donors (Lipinski definition) is 1. The molecule has 0 saturated heterocycles. The molecule has 0 radical (unpaired) electrons. The monoisotopic (exact) mass is 252 g/mol. The first-order chi connectivity index (χ1) is 8.46. The van der Waals surface area contributed by atoms with Crippen LogP contribution in [0.1, 0.15) is 45.2 Å². The second-order valence-electron chi connectivity index (χ2n) is 5.26. The summed E-state index contributed by atoms with van der Waals surface area (Å²) in [5.74, 6) is -0.146. The van der Waals surface area contributed by atoms with E-state index in [1.54, 1.807) is 6.07 Å². The van der Waals surface area contributed by atoms with Crippen LogP contribution in [0.15, 0.2) is 24.3 Å². The van der Waals surface area contributed by atoms with Crippen molar-refractivity contribution >= 4 is 0 Å². The molecule has 0 saturated carbocycles. The normalized spacial score (nSPS) is 16.6. The van der Waals surface area contributed by atoms with Gasteiger partial charge < -0.3 is 5.73 Å². The fourth-order valence-corrected chi connectivity index (χ4v) is 2.45. The highest BCUT2D eigenvalue weighted by Crippen LogP contribution is 2.30. The summed E-state index contributed by atoms with van der Waals surface area (Å²) in [6, 6.07) is 6.98. The lowest BCUT2D eigenvalue weighted by Crippen LogP contribution is -2.50. The largest absolute Gasteiger partial charge is 0.329 e. The highest BCUT2D eigenvalue weighted by atomic mass is 19.1. The molecule has 0 fully saturated rings. The van der Waals surface area contributed by atoms with Crippen LogP contribution in [0.25, 0.3) is 0 Å². The molecule has 3 heteroatoms. The van der Waals surface area contributed by atoms with Gasteiger partial charge in [-0.3, -0.25) is 4.90 Å². The Kier molecular flexibility index (Phi) is 5.29. The molecule has 2 atom stereocenters. The minimum absolute atomic E-state index is 0.0197. The van der Waals surface area contributed by atoms with Gasteiger partial charge in [-0.1, -0.05) is 31.5 Å². The summed E-state index contributed by atoms with van der Waals surface area (Å²) in [5.41, 5.74) is 6.56. The van der Waals surface area contributed by atoms with Crippen LogP contribution in [-0.4, -0.2) is 24.0 Å². The van der Waals surface area contributed by atoms with Crippen LogP contribution in [0.2, 0.25) is 0 Å². The van der Waals surface area contributed by atoms with E-state index in [9.17, 15) is 4.39 Å². The maximum absolute atomic E-state index is 13.8. The lowest BCUT2D eigenvalue weighted by atomic mass is 9.91. The van der Waals surface area contributed by atoms with Gasteiger partial charge in [-0.05, 0) is 33.4 Å². The third-order valence-electron chi connectivity index (χ3n) is 4.02. The summed E-state index contributed by atoms with van der Waals surface area (Å²) in [6.45, 7) is 6.90. The van der Waals surface area contributed by atoms with Crippen molar-refractivity contribution in [3.8, 4) is 0 Å². The van der Waals surface area contributed by atoms with Gasteiger partial charge in [-0.2, -0.15) is 0 Å². The average molecular weight is 252 g/mol. The van der Waals surface area contributed by atoms with E-state index in [2.05, 4.69) is 18.7 Å². The molecule has 0 aliphatic rings. The molecule has 2 N–H and O–H groups in total. The van der Waals surface area contributed by atoms with Crippen molar-refractivity contribution in [2.24, 2.45) is 5.73 Å². The van der Waals surface area contributed by atoms with Gasteiger partial charge in [0, 0.05) is 23.7 Å². The van der Waals surface area contributed by atoms with Crippen molar-refractivity contribution in [3.05, 3.63) is 35.6 Å². The summed E-state index contributed by atoms with van der Waals surface area (Å²) in [6.07, 6.45) is 2.08. The van der Waals surface area contributed by atoms with Crippen LogP contribution in [0.4, 0.5) is 4.39 Å². The van der Waals surface area contributed by atoms with Crippen molar-refractivity contribution < 1.29 is 4.39 Å². The number of halogens is 1. The Morgan fingerprint density at radius 3 is 2.50 bits per heavy atom. The van der Waals surface area contributed by atoms with Gasteiger partial charge in [0.2, 0.25) is 0 Å². The molecular formula is C15H25FN2. The fraction of sp³-hybridized carbons (Fsp3) is 0.600. The molecule has 1 rings (SSSR count). The van der Waals surface area contributed by atoms with Crippen LogP contribution in [0.5, 0.6) is 0 Å². The lowest BCUT2D eigenvalue weighted by Gasteiger charge is -2.42. The average Bonchev–Trinajstić information content (AvgIpc) is 2.37. The van der Waals surface area contributed by atoms with Gasteiger partial charge in [0.05, 0.1) is 0 Å². The van der Waals surface area contributed by atoms with Crippen LogP contribution < -0.4 is 5.73 Å². The van der Waals surface area contributed by atoms with E-state index in [-0.39, 0.29) is 17.4 Å². The molecule has 2 unspecified atom stereocenters. The standard InChI is InChI=1S/C15H25FN2/c1-5-10-15(3,11-17)18(4)12(2)13-8-6-7-9-14(13)16/h6-9,12H,5,10-11,17H2,1-4H3. The van der Waals surface area contributed by atoms with Gasteiger partial charge in [-0.25, -0.2) is 4.39 Å². The smallest absolute Gasteiger partial charge is 0.127 e. The van der Waals surface area contributed by atoms with Crippen LogP contribution >= 0.6 is 0 Å². The first-order valence-electron chi connectivity index (χ1n) is 6.63. The van der Waals surface area contributed by atoms with Crippen molar-refractivity contribution in [2.75, 3.05) is 13.6 Å². The van der Waals surface area contributed by atoms with E-state index in [0.717, 1.165) is 18.4 Å². The molecule has 102 valence electrons. The highest BCUT2D eigenvalue weighted by molar-refractivity contribution is 5.21. The summed E-state index contributed by atoms with van der Waals surface area (Å²) in [5, 5.41) is 0. The Bertz CT molecular complexity index is 381. The predicted molar refractivity (Wildman–Crippen MR) is 74.9 cm³/mol. The first kappa shape index (κ1) is 15.1. The zero-order valence-corrected chi connectivity index (χ0v) is 11.9. The van der Waals surface area contributed by atoms with Crippen LogP contribution in [-0.2, 0) is 0 Å². The lowest BCUT2D eigenvalue weighted by molar-refractivity contribution is 0.0893. The summed E-state index contributed by atoms with van der Waals surface area (Å²) in [4.78, 5) is 2.19. The topological polar surface area (TPSA) is 29.3 Å². The van der Waals surface area contributed by atoms with Crippen molar-refractivity contribution in [1.82, 2.24) is 4.90 Å². The second kappa shape index (κ2) is 6.30. The number of nitrogens with two attached hydrogens (primary N) is 1. The summed E-state index contributed by atoms with van der Waals surface area (Å²) >= 11 is 0. The fourth-order valence-electron chi connectivity index (χ4n) is 2.45. The summed E-state index contributed by atoms with van der Waals surface area (Å²) in [7, 11) is 2.03. The molecular weight excluding hydrogens is 227 g/mol. The molecule has 0 bridgehead atoms. The van der Waals surface area contributed by atoms with Crippen molar-refractivity contribution in [1.29, 1.82) is 0 Å². The van der Waals surface area contributed by atoms with Crippen LogP contribution in [0.3, 0.4) is 0 Å². The number of rotatable bonds is 6. The molecule has 1 aromatic rings. The third-order valence-corrected chi connectivity index (χ3v) is 4.02. The van der Waals surface area contributed by atoms with E-state index >= 15 is 0 Å². The van der Waals surface area contributed by atoms with E-state index in [1.807, 2.05) is 26.1 Å². The third kappa shape index (κ3) is 3.09. The van der Waals surface area contributed by atoms with Gasteiger partial charge >= 0.3 is 0 Å². The molecule has 0 aromatic heterocycles. The SMILES string of the molecule is CCCC(C)(CN)N(C)C(C)c1ccccc1F. The van der Waals surface area contributed by atoms with Crippen LogP contribution in [0, 0.1) is 5.82 Å². The van der Waals surface area contributed by atoms with Gasteiger partial charge in [0.1, 0.15) is 5.82 Å². The maximum atomic E-state index is 13.8. The van der Waals surface area contributed by atoms with Gasteiger partial charge in [-0.15, -0.1) is 0 Å². The molecule has 0 heterocycles. The molecule has 1 aromatic carbocycles. The Hall–Kier alpha value is -0.930. The Morgan fingerprint density at radius 2 is 2.00 bits per heavy atom. The highest BCUT2D eigenvalue weighted by Gasteiger charge is 2.31. The number of benzene rings is 1. The molecule has 18 heavy (non-hydrogen) atoms. The number of hydrogen-bond acceptors (Lipinski definition) is 2. The zero-order valence-electron chi connectivity index (χ0n) is 11.9. The van der Waals surface area contributed by atoms with Gasteiger partial charge in [0.25, 0.3) is 0 Å². The number of nitrogens with zero attached hydrogens (tertiary/aromatic N) is 1. The predicted octanol–water partition coefficient (Wildman–Crippen LogP) is 3.34. The minimum Gasteiger partial charge on any atom is -0.329 e.